The van der Waals surface area contributed by atoms with Crippen LogP contribution in [-0.2, 0) is 4.79 Å². The second-order valence-electron chi connectivity index (χ2n) is 3.88. The second kappa shape index (κ2) is 6.11. The smallest absolute Gasteiger partial charge is 0.337 e. The van der Waals surface area contributed by atoms with Crippen molar-refractivity contribution in [3.63, 3.8) is 0 Å². The van der Waals surface area contributed by atoms with Gasteiger partial charge in [-0.1, -0.05) is 13.3 Å². The SMILES string of the molecule is CCC[C@@H](N)C(=O)Nc1cc(F)ccc1C(=O)O. The van der Waals surface area contributed by atoms with Crippen LogP contribution in [0.5, 0.6) is 0 Å². The molecule has 1 aromatic rings. The van der Waals surface area contributed by atoms with Crippen molar-refractivity contribution in [3.8, 4) is 0 Å². The number of halogens is 1. The molecule has 0 fully saturated rings. The van der Waals surface area contributed by atoms with E-state index in [1.165, 1.54) is 0 Å². The molecule has 98 valence electrons. The van der Waals surface area contributed by atoms with Gasteiger partial charge in [0.25, 0.3) is 0 Å². The van der Waals surface area contributed by atoms with Crippen molar-refractivity contribution in [2.24, 2.45) is 5.73 Å². The van der Waals surface area contributed by atoms with Gasteiger partial charge in [-0.05, 0) is 24.6 Å². The highest BCUT2D eigenvalue weighted by molar-refractivity contribution is 6.02. The van der Waals surface area contributed by atoms with Gasteiger partial charge < -0.3 is 16.2 Å². The van der Waals surface area contributed by atoms with E-state index in [1.807, 2.05) is 6.92 Å². The van der Waals surface area contributed by atoms with Crippen LogP contribution in [0.3, 0.4) is 0 Å². The normalized spacial score (nSPS) is 11.9. The largest absolute Gasteiger partial charge is 0.478 e. The number of nitrogens with one attached hydrogen (secondary N) is 1. The molecule has 0 spiro atoms. The first kappa shape index (κ1) is 14.1. The Balaban J connectivity index is 2.92. The molecule has 0 bridgehead atoms. The lowest BCUT2D eigenvalue weighted by Gasteiger charge is -2.12. The van der Waals surface area contributed by atoms with E-state index < -0.39 is 23.7 Å². The molecule has 1 amide bonds. The van der Waals surface area contributed by atoms with E-state index in [0.717, 1.165) is 24.6 Å². The molecule has 0 radical (unpaired) electrons. The van der Waals surface area contributed by atoms with E-state index in [4.69, 9.17) is 10.8 Å². The summed E-state index contributed by atoms with van der Waals surface area (Å²) in [6.07, 6.45) is 1.20. The molecule has 0 saturated heterocycles. The topological polar surface area (TPSA) is 92.4 Å². The van der Waals surface area contributed by atoms with Gasteiger partial charge >= 0.3 is 5.97 Å². The first-order chi connectivity index (χ1) is 8.45. The van der Waals surface area contributed by atoms with Crippen LogP contribution in [0.1, 0.15) is 30.1 Å². The van der Waals surface area contributed by atoms with Crippen LogP contribution in [0.25, 0.3) is 0 Å². The lowest BCUT2D eigenvalue weighted by Crippen LogP contribution is -2.35. The summed E-state index contributed by atoms with van der Waals surface area (Å²) in [7, 11) is 0. The van der Waals surface area contributed by atoms with E-state index in [0.29, 0.717) is 6.42 Å². The molecule has 0 aliphatic carbocycles. The lowest BCUT2D eigenvalue weighted by molar-refractivity contribution is -0.117. The monoisotopic (exact) mass is 254 g/mol. The molecule has 6 heteroatoms. The number of carbonyl (C=O) groups excluding carboxylic acids is 1. The van der Waals surface area contributed by atoms with Crippen LogP contribution >= 0.6 is 0 Å². The molecule has 0 aliphatic heterocycles. The highest BCUT2D eigenvalue weighted by Crippen LogP contribution is 2.17. The molecule has 5 nitrogen and oxygen atoms in total. The third-order valence-electron chi connectivity index (χ3n) is 2.41. The molecule has 0 saturated carbocycles. The summed E-state index contributed by atoms with van der Waals surface area (Å²) in [4.78, 5) is 22.5. The van der Waals surface area contributed by atoms with E-state index in [1.54, 1.807) is 0 Å². The molecule has 4 N–H and O–H groups in total. The Bertz CT molecular complexity index is 463. The highest BCUT2D eigenvalue weighted by Gasteiger charge is 2.17. The summed E-state index contributed by atoms with van der Waals surface area (Å²) < 4.78 is 13.0. The number of carboxylic acid groups (broad SMARTS) is 1. The molecular weight excluding hydrogens is 239 g/mol. The summed E-state index contributed by atoms with van der Waals surface area (Å²) >= 11 is 0. The fourth-order valence-electron chi connectivity index (χ4n) is 1.47. The van der Waals surface area contributed by atoms with Gasteiger partial charge in [0.05, 0.1) is 17.3 Å². The van der Waals surface area contributed by atoms with E-state index in [-0.39, 0.29) is 11.3 Å². The lowest BCUT2D eigenvalue weighted by atomic mass is 10.1. The van der Waals surface area contributed by atoms with Crippen molar-refractivity contribution in [3.05, 3.63) is 29.6 Å². The van der Waals surface area contributed by atoms with Crippen LogP contribution in [0.4, 0.5) is 10.1 Å². The molecule has 0 aromatic heterocycles. The maximum absolute atomic E-state index is 13.0. The Hall–Kier alpha value is -1.95. The second-order valence-corrected chi connectivity index (χ2v) is 3.88. The number of nitrogens with two attached hydrogens (primary N) is 1. The maximum Gasteiger partial charge on any atom is 0.337 e. The standard InChI is InChI=1S/C12H15FN2O3/c1-2-3-9(14)11(16)15-10-6-7(13)4-5-8(10)12(17)18/h4-6,9H,2-3,14H2,1H3,(H,15,16)(H,17,18)/t9-/m1/s1. The third kappa shape index (κ3) is 3.53. The summed E-state index contributed by atoms with van der Waals surface area (Å²) in [5, 5.41) is 11.2. The van der Waals surface area contributed by atoms with Crippen LogP contribution in [0.15, 0.2) is 18.2 Å². The van der Waals surface area contributed by atoms with Crippen molar-refractivity contribution in [2.45, 2.75) is 25.8 Å². The number of anilines is 1. The molecule has 0 aliphatic rings. The van der Waals surface area contributed by atoms with Gasteiger partial charge in [0.1, 0.15) is 5.82 Å². The minimum atomic E-state index is -1.24. The van der Waals surface area contributed by atoms with Gasteiger partial charge in [-0.3, -0.25) is 4.79 Å². The molecule has 1 rings (SSSR count). The number of hydrogen-bond acceptors (Lipinski definition) is 3. The zero-order chi connectivity index (χ0) is 13.7. The maximum atomic E-state index is 13.0. The number of rotatable bonds is 5. The summed E-state index contributed by atoms with van der Waals surface area (Å²) in [6, 6.07) is 2.34. The van der Waals surface area contributed by atoms with Crippen LogP contribution < -0.4 is 11.1 Å². The van der Waals surface area contributed by atoms with Gasteiger partial charge in [-0.15, -0.1) is 0 Å². The van der Waals surface area contributed by atoms with Crippen molar-refractivity contribution in [1.29, 1.82) is 0 Å². The number of carbonyl (C=O) groups is 2. The van der Waals surface area contributed by atoms with E-state index in [2.05, 4.69) is 5.32 Å². The van der Waals surface area contributed by atoms with Crippen LogP contribution in [-0.4, -0.2) is 23.0 Å². The van der Waals surface area contributed by atoms with Crippen molar-refractivity contribution < 1.29 is 19.1 Å². The Morgan fingerprint density at radius 2 is 2.17 bits per heavy atom. The van der Waals surface area contributed by atoms with E-state index >= 15 is 0 Å². The first-order valence-corrected chi connectivity index (χ1v) is 5.55. The number of amides is 1. The molecular formula is C12H15FN2O3. The minimum absolute atomic E-state index is 0.0842. The first-order valence-electron chi connectivity index (χ1n) is 5.55. The molecule has 0 unspecified atom stereocenters. The molecule has 1 aromatic carbocycles. The van der Waals surface area contributed by atoms with Gasteiger partial charge in [-0.2, -0.15) is 0 Å². The average Bonchev–Trinajstić information content (AvgIpc) is 2.28. The average molecular weight is 254 g/mol. The Morgan fingerprint density at radius 1 is 1.50 bits per heavy atom. The Kier molecular flexibility index (Phi) is 4.79. The Labute approximate surface area is 104 Å². The Morgan fingerprint density at radius 3 is 2.72 bits per heavy atom. The van der Waals surface area contributed by atoms with Gasteiger partial charge in [-0.25, -0.2) is 9.18 Å². The zero-order valence-electron chi connectivity index (χ0n) is 9.94. The van der Waals surface area contributed by atoms with Crippen molar-refractivity contribution in [2.75, 3.05) is 5.32 Å². The number of carboxylic acids is 1. The number of aromatic carboxylic acids is 1. The van der Waals surface area contributed by atoms with Gasteiger partial charge in [0.2, 0.25) is 5.91 Å². The predicted molar refractivity (Wildman–Crippen MR) is 64.9 cm³/mol. The summed E-state index contributed by atoms with van der Waals surface area (Å²) in [5.74, 6) is -2.39. The number of benzene rings is 1. The van der Waals surface area contributed by atoms with E-state index in [9.17, 15) is 14.0 Å². The fourth-order valence-corrected chi connectivity index (χ4v) is 1.47. The van der Waals surface area contributed by atoms with Crippen molar-refractivity contribution in [1.82, 2.24) is 0 Å². The minimum Gasteiger partial charge on any atom is -0.478 e. The van der Waals surface area contributed by atoms with Crippen LogP contribution in [0, 0.1) is 5.82 Å². The van der Waals surface area contributed by atoms with Crippen LogP contribution in [0.2, 0.25) is 0 Å². The molecule has 18 heavy (non-hydrogen) atoms. The summed E-state index contributed by atoms with van der Waals surface area (Å²) in [5.41, 5.74) is 5.33. The van der Waals surface area contributed by atoms with Crippen molar-refractivity contribution >= 4 is 17.6 Å². The van der Waals surface area contributed by atoms with Gasteiger partial charge in [0, 0.05) is 0 Å². The zero-order valence-corrected chi connectivity index (χ0v) is 9.94. The third-order valence-corrected chi connectivity index (χ3v) is 2.41. The molecule has 0 heterocycles. The highest BCUT2D eigenvalue weighted by atomic mass is 19.1. The molecule has 1 atom stereocenters. The van der Waals surface area contributed by atoms with Gasteiger partial charge in [0.15, 0.2) is 0 Å². The fraction of sp³-hybridized carbons (Fsp3) is 0.333. The quantitative estimate of drug-likeness (QED) is 0.744. The predicted octanol–water partition coefficient (Wildman–Crippen LogP) is 1.59. The summed E-state index contributed by atoms with van der Waals surface area (Å²) in [6.45, 7) is 1.87. The number of hydrogen-bond donors (Lipinski definition) is 3.